The fourth-order valence-corrected chi connectivity index (χ4v) is 4.41. The van der Waals surface area contributed by atoms with Crippen LogP contribution in [-0.4, -0.2) is 40.5 Å². The fraction of sp³-hybridized carbons (Fsp3) is 0.500. The molecule has 0 spiro atoms. The summed E-state index contributed by atoms with van der Waals surface area (Å²) in [7, 11) is 1.14. The highest BCUT2D eigenvalue weighted by Crippen LogP contribution is 2.60. The van der Waals surface area contributed by atoms with Crippen LogP contribution < -0.4 is 0 Å². The number of fused-ring (bicyclic) bond motifs is 2. The smallest absolute Gasteiger partial charge is 0.320 e. The number of hydrogen-bond donors (Lipinski definition) is 1. The van der Waals surface area contributed by atoms with Crippen molar-refractivity contribution in [2.75, 3.05) is 7.11 Å². The zero-order chi connectivity index (χ0) is 17.7. The summed E-state index contributed by atoms with van der Waals surface area (Å²) in [6.45, 7) is 0. The Morgan fingerprint density at radius 3 is 2.58 bits per heavy atom. The van der Waals surface area contributed by atoms with Crippen molar-refractivity contribution >= 4 is 23.4 Å². The molecule has 0 radical (unpaired) electrons. The first kappa shape index (κ1) is 16.9. The summed E-state index contributed by atoms with van der Waals surface area (Å²) in [4.78, 5) is 36.3. The summed E-state index contributed by atoms with van der Waals surface area (Å²) in [6, 6.07) is 4.70. The summed E-state index contributed by atoms with van der Waals surface area (Å²) in [5.74, 6) is -2.37. The molecule has 1 aromatic carbocycles. The van der Waals surface area contributed by atoms with Crippen molar-refractivity contribution in [3.8, 4) is 0 Å². The minimum atomic E-state index is -1.74. The number of hydrogen-bond acceptors (Lipinski definition) is 6. The Hall–Kier alpha value is -1.99. The molecule has 0 amide bonds. The van der Waals surface area contributed by atoms with Crippen LogP contribution >= 0.6 is 11.6 Å². The zero-order valence-electron chi connectivity index (χ0n) is 12.9. The number of ketones is 1. The van der Waals surface area contributed by atoms with Gasteiger partial charge in [-0.05, 0) is 24.1 Å². The molecule has 0 aromatic heterocycles. The first-order valence-electron chi connectivity index (χ1n) is 7.49. The molecule has 1 N–H and O–H groups in total. The summed E-state index contributed by atoms with van der Waals surface area (Å²) in [5, 5.41) is 23.0. The zero-order valence-corrected chi connectivity index (χ0v) is 13.7. The summed E-state index contributed by atoms with van der Waals surface area (Å²) in [5.41, 5.74) is -3.05. The van der Waals surface area contributed by atoms with Gasteiger partial charge in [0.2, 0.25) is 6.04 Å². The second kappa shape index (κ2) is 5.53. The van der Waals surface area contributed by atoms with E-state index in [9.17, 15) is 24.8 Å². The van der Waals surface area contributed by atoms with Crippen LogP contribution in [0.25, 0.3) is 0 Å². The van der Waals surface area contributed by atoms with Crippen LogP contribution in [0.1, 0.15) is 30.7 Å². The number of Topliss-reactive ketones (excluding diaryl/α,β-unsaturated/α-hetero) is 1. The van der Waals surface area contributed by atoms with Crippen LogP contribution in [0.4, 0.5) is 0 Å². The maximum absolute atomic E-state index is 12.7. The van der Waals surface area contributed by atoms with Crippen molar-refractivity contribution < 1.29 is 24.4 Å². The van der Waals surface area contributed by atoms with Gasteiger partial charge in [-0.25, -0.2) is 0 Å². The standard InChI is InChI=1S/C16H16ClNO6/c1-24-14(20)16-8-15(21,7-6-11(16)19)13(18(22)23)12(16)9-2-4-10(17)5-3-9/h2-5,12-13,21H,6-8H2,1H3/t12-,13-,15+,16+/m1/s1. The first-order valence-corrected chi connectivity index (χ1v) is 7.87. The monoisotopic (exact) mass is 353 g/mol. The Morgan fingerprint density at radius 1 is 1.42 bits per heavy atom. The number of carbonyl (C=O) groups excluding carboxylic acids is 2. The first-order chi connectivity index (χ1) is 11.3. The summed E-state index contributed by atoms with van der Waals surface area (Å²) < 4.78 is 4.81. The van der Waals surface area contributed by atoms with Crippen LogP contribution in [-0.2, 0) is 14.3 Å². The van der Waals surface area contributed by atoms with Gasteiger partial charge in [0.1, 0.15) is 11.0 Å². The van der Waals surface area contributed by atoms with Gasteiger partial charge in [0.15, 0.2) is 5.78 Å². The van der Waals surface area contributed by atoms with Crippen molar-refractivity contribution in [1.29, 1.82) is 0 Å². The van der Waals surface area contributed by atoms with Gasteiger partial charge < -0.3 is 9.84 Å². The minimum absolute atomic E-state index is 0.0414. The molecule has 3 rings (SSSR count). The molecule has 0 saturated heterocycles. The van der Waals surface area contributed by atoms with Gasteiger partial charge in [-0.15, -0.1) is 0 Å². The summed E-state index contributed by atoms with van der Waals surface area (Å²) >= 11 is 5.87. The highest BCUT2D eigenvalue weighted by Gasteiger charge is 2.75. The maximum atomic E-state index is 12.7. The van der Waals surface area contributed by atoms with E-state index in [0.29, 0.717) is 10.6 Å². The third-order valence-electron chi connectivity index (χ3n) is 5.27. The van der Waals surface area contributed by atoms with Crippen molar-refractivity contribution in [1.82, 2.24) is 0 Å². The van der Waals surface area contributed by atoms with Gasteiger partial charge in [0.25, 0.3) is 0 Å². The van der Waals surface area contributed by atoms with E-state index in [4.69, 9.17) is 16.3 Å². The van der Waals surface area contributed by atoms with E-state index >= 15 is 0 Å². The molecule has 24 heavy (non-hydrogen) atoms. The topological polar surface area (TPSA) is 107 Å². The lowest BCUT2D eigenvalue weighted by Crippen LogP contribution is -2.47. The number of benzene rings is 1. The second-order valence-electron chi connectivity index (χ2n) is 6.43. The largest absolute Gasteiger partial charge is 0.468 e. The molecule has 128 valence electrons. The third-order valence-corrected chi connectivity index (χ3v) is 5.52. The molecule has 7 nitrogen and oxygen atoms in total. The lowest BCUT2D eigenvalue weighted by Gasteiger charge is -2.33. The number of ether oxygens (including phenoxy) is 1. The molecular formula is C16H16ClNO6. The van der Waals surface area contributed by atoms with Crippen LogP contribution in [0, 0.1) is 15.5 Å². The molecule has 0 heterocycles. The molecule has 0 aliphatic heterocycles. The Labute approximate surface area is 142 Å². The molecule has 4 atom stereocenters. The molecule has 2 fully saturated rings. The lowest BCUT2D eigenvalue weighted by atomic mass is 9.68. The number of nitrogens with zero attached hydrogens (tertiary/aromatic N) is 1. The van der Waals surface area contributed by atoms with Gasteiger partial charge in [-0.1, -0.05) is 23.7 Å². The van der Waals surface area contributed by atoms with Gasteiger partial charge in [0, 0.05) is 22.8 Å². The van der Waals surface area contributed by atoms with Gasteiger partial charge >= 0.3 is 5.97 Å². The van der Waals surface area contributed by atoms with E-state index in [0.717, 1.165) is 7.11 Å². The lowest BCUT2D eigenvalue weighted by molar-refractivity contribution is -0.544. The van der Waals surface area contributed by atoms with Crippen molar-refractivity contribution in [2.24, 2.45) is 5.41 Å². The second-order valence-corrected chi connectivity index (χ2v) is 6.86. The Kier molecular flexibility index (Phi) is 3.88. The predicted molar refractivity (Wildman–Crippen MR) is 83.2 cm³/mol. The molecule has 2 bridgehead atoms. The van der Waals surface area contributed by atoms with Crippen molar-refractivity contribution in [2.45, 2.75) is 36.8 Å². The Bertz CT molecular complexity index is 710. The normalized spacial score (nSPS) is 34.9. The average Bonchev–Trinajstić information content (AvgIpc) is 2.78. The van der Waals surface area contributed by atoms with E-state index in [2.05, 4.69) is 0 Å². The van der Waals surface area contributed by atoms with Crippen molar-refractivity contribution in [3.63, 3.8) is 0 Å². The summed E-state index contributed by atoms with van der Waals surface area (Å²) in [6.07, 6.45) is -0.440. The quantitative estimate of drug-likeness (QED) is 0.384. The van der Waals surface area contributed by atoms with Gasteiger partial charge in [-0.3, -0.25) is 19.7 Å². The number of carbonyl (C=O) groups is 2. The van der Waals surface area contributed by atoms with Crippen LogP contribution in [0.2, 0.25) is 5.02 Å². The SMILES string of the molecule is COC(=O)[C@@]12C[C@@](O)(CCC1=O)[C@H]([N+](=O)[O-])[C@H]2c1ccc(Cl)cc1. The van der Waals surface area contributed by atoms with E-state index < -0.39 is 39.7 Å². The number of rotatable bonds is 3. The number of esters is 1. The average molecular weight is 354 g/mol. The fourth-order valence-electron chi connectivity index (χ4n) is 4.29. The van der Waals surface area contributed by atoms with Crippen LogP contribution in [0.3, 0.4) is 0 Å². The number of methoxy groups -OCH3 is 1. The highest BCUT2D eigenvalue weighted by molar-refractivity contribution is 6.30. The maximum Gasteiger partial charge on any atom is 0.320 e. The van der Waals surface area contributed by atoms with E-state index in [1.807, 2.05) is 0 Å². The van der Waals surface area contributed by atoms with E-state index in [1.54, 1.807) is 12.1 Å². The van der Waals surface area contributed by atoms with Crippen molar-refractivity contribution in [3.05, 3.63) is 45.0 Å². The van der Waals surface area contributed by atoms with Gasteiger partial charge in [-0.2, -0.15) is 0 Å². The molecular weight excluding hydrogens is 338 g/mol. The highest BCUT2D eigenvalue weighted by atomic mass is 35.5. The predicted octanol–water partition coefficient (Wildman–Crippen LogP) is 1.73. The molecule has 2 aliphatic rings. The molecule has 2 aliphatic carbocycles. The molecule has 0 unspecified atom stereocenters. The van der Waals surface area contributed by atoms with Crippen LogP contribution in [0.15, 0.2) is 24.3 Å². The number of nitro groups is 1. The van der Waals surface area contributed by atoms with Crippen LogP contribution in [0.5, 0.6) is 0 Å². The molecule has 1 aromatic rings. The molecule has 8 heteroatoms. The minimum Gasteiger partial charge on any atom is -0.468 e. The Balaban J connectivity index is 2.25. The van der Waals surface area contributed by atoms with E-state index in [1.165, 1.54) is 12.1 Å². The molecule has 2 saturated carbocycles. The third kappa shape index (κ3) is 2.15. The number of aliphatic hydroxyl groups is 1. The van der Waals surface area contributed by atoms with E-state index in [-0.39, 0.29) is 19.3 Å². The Morgan fingerprint density at radius 2 is 2.04 bits per heavy atom. The number of halogens is 1. The van der Waals surface area contributed by atoms with Gasteiger partial charge in [0.05, 0.1) is 13.0 Å².